The fourth-order valence-electron chi connectivity index (χ4n) is 4.35. The molecule has 3 aliphatic rings. The monoisotopic (exact) mass is 341 g/mol. The van der Waals surface area contributed by atoms with Gasteiger partial charge in [-0.2, -0.15) is 0 Å². The number of hydrogen-bond acceptors (Lipinski definition) is 2. The van der Waals surface area contributed by atoms with Gasteiger partial charge in [-0.25, -0.2) is 0 Å². The minimum Gasteiger partial charge on any atom is -0.381 e. The van der Waals surface area contributed by atoms with E-state index in [1.165, 1.54) is 31.2 Å². The SMILES string of the molecule is CCNC(=NCC1(Cc2ccccc2)CC1)N1CCC2(CCOC2)C1. The molecule has 4 rings (SSSR count). The van der Waals surface area contributed by atoms with E-state index in [1.807, 2.05) is 0 Å². The van der Waals surface area contributed by atoms with Crippen LogP contribution in [0, 0.1) is 10.8 Å². The summed E-state index contributed by atoms with van der Waals surface area (Å²) in [6.45, 7) is 8.12. The third kappa shape index (κ3) is 3.84. The molecule has 0 radical (unpaired) electrons. The van der Waals surface area contributed by atoms with Gasteiger partial charge in [0, 0.05) is 38.2 Å². The van der Waals surface area contributed by atoms with Crippen LogP contribution >= 0.6 is 0 Å². The lowest BCUT2D eigenvalue weighted by Gasteiger charge is -2.25. The maximum Gasteiger partial charge on any atom is 0.193 e. The molecule has 1 N–H and O–H groups in total. The molecular weight excluding hydrogens is 310 g/mol. The zero-order chi connectivity index (χ0) is 17.2. The van der Waals surface area contributed by atoms with Crippen molar-refractivity contribution < 1.29 is 4.74 Å². The van der Waals surface area contributed by atoms with Crippen molar-refractivity contribution in [3.05, 3.63) is 35.9 Å². The first-order chi connectivity index (χ1) is 12.2. The second-order valence-corrected chi connectivity index (χ2v) is 8.31. The maximum absolute atomic E-state index is 5.67. The van der Waals surface area contributed by atoms with E-state index in [-0.39, 0.29) is 0 Å². The number of benzene rings is 1. The van der Waals surface area contributed by atoms with Gasteiger partial charge in [-0.1, -0.05) is 30.3 Å². The van der Waals surface area contributed by atoms with E-state index in [9.17, 15) is 0 Å². The summed E-state index contributed by atoms with van der Waals surface area (Å²) in [4.78, 5) is 7.54. The first kappa shape index (κ1) is 16.9. The normalized spacial score (nSPS) is 27.9. The van der Waals surface area contributed by atoms with Crippen LogP contribution in [0.15, 0.2) is 35.3 Å². The van der Waals surface area contributed by atoms with Crippen molar-refractivity contribution in [3.63, 3.8) is 0 Å². The number of likely N-dealkylation sites (tertiary alicyclic amines) is 1. The average molecular weight is 341 g/mol. The highest BCUT2D eigenvalue weighted by atomic mass is 16.5. The molecule has 2 aliphatic heterocycles. The highest BCUT2D eigenvalue weighted by Gasteiger charge is 2.44. The van der Waals surface area contributed by atoms with Gasteiger partial charge < -0.3 is 15.0 Å². The van der Waals surface area contributed by atoms with Crippen molar-refractivity contribution in [1.29, 1.82) is 0 Å². The van der Waals surface area contributed by atoms with Crippen molar-refractivity contribution >= 4 is 5.96 Å². The first-order valence-corrected chi connectivity index (χ1v) is 9.88. The number of aliphatic imine (C=N–C) groups is 1. The molecule has 1 saturated carbocycles. The molecule has 1 aliphatic carbocycles. The fourth-order valence-corrected chi connectivity index (χ4v) is 4.35. The second-order valence-electron chi connectivity index (χ2n) is 8.31. The van der Waals surface area contributed by atoms with E-state index in [0.29, 0.717) is 10.8 Å². The van der Waals surface area contributed by atoms with Crippen LogP contribution in [0.3, 0.4) is 0 Å². The molecule has 1 unspecified atom stereocenters. The van der Waals surface area contributed by atoms with E-state index in [2.05, 4.69) is 47.5 Å². The summed E-state index contributed by atoms with van der Waals surface area (Å²) in [5.41, 5.74) is 2.23. The highest BCUT2D eigenvalue weighted by molar-refractivity contribution is 5.80. The van der Waals surface area contributed by atoms with Crippen LogP contribution in [0.25, 0.3) is 0 Å². The minimum absolute atomic E-state index is 0.386. The number of nitrogens with zero attached hydrogens (tertiary/aromatic N) is 2. The Kier molecular flexibility index (Phi) is 4.72. The van der Waals surface area contributed by atoms with Crippen molar-refractivity contribution in [1.82, 2.24) is 10.2 Å². The molecule has 0 bridgehead atoms. The van der Waals surface area contributed by atoms with E-state index in [4.69, 9.17) is 9.73 Å². The molecule has 1 atom stereocenters. The number of hydrogen-bond donors (Lipinski definition) is 1. The molecule has 4 heteroatoms. The lowest BCUT2D eigenvalue weighted by Crippen LogP contribution is -2.41. The number of rotatable bonds is 5. The Hall–Kier alpha value is -1.55. The Labute approximate surface area is 151 Å². The standard InChI is InChI=1S/C21H31N3O/c1-2-22-19(24-12-10-21(16-24)11-13-25-17-21)23-15-20(8-9-20)14-18-6-4-3-5-7-18/h3-7H,2,8-17H2,1H3,(H,22,23). The minimum atomic E-state index is 0.386. The van der Waals surface area contributed by atoms with Gasteiger partial charge >= 0.3 is 0 Å². The Bertz CT molecular complexity index is 603. The number of nitrogens with one attached hydrogen (secondary N) is 1. The molecule has 1 aromatic rings. The smallest absolute Gasteiger partial charge is 0.193 e. The largest absolute Gasteiger partial charge is 0.381 e. The quantitative estimate of drug-likeness (QED) is 0.660. The van der Waals surface area contributed by atoms with Gasteiger partial charge in [0.25, 0.3) is 0 Å². The predicted molar refractivity (Wildman–Crippen MR) is 102 cm³/mol. The molecule has 4 nitrogen and oxygen atoms in total. The van der Waals surface area contributed by atoms with Crippen LogP contribution in [0.2, 0.25) is 0 Å². The third-order valence-electron chi connectivity index (χ3n) is 6.20. The Morgan fingerprint density at radius 2 is 2.04 bits per heavy atom. The average Bonchev–Trinajstić information content (AvgIpc) is 3.06. The molecule has 136 valence electrons. The predicted octanol–water partition coefficient (Wildman–Crippen LogP) is 3.09. The topological polar surface area (TPSA) is 36.9 Å². The van der Waals surface area contributed by atoms with E-state index in [1.54, 1.807) is 0 Å². The molecule has 0 amide bonds. The van der Waals surface area contributed by atoms with Crippen LogP contribution in [-0.2, 0) is 11.2 Å². The maximum atomic E-state index is 5.67. The Morgan fingerprint density at radius 3 is 2.72 bits per heavy atom. The van der Waals surface area contributed by atoms with Gasteiger partial charge in [-0.3, -0.25) is 4.99 Å². The number of ether oxygens (including phenoxy) is 1. The van der Waals surface area contributed by atoms with Crippen molar-refractivity contribution in [2.75, 3.05) is 39.4 Å². The zero-order valence-corrected chi connectivity index (χ0v) is 15.5. The van der Waals surface area contributed by atoms with Gasteiger partial charge in [0.2, 0.25) is 0 Å². The highest BCUT2D eigenvalue weighted by Crippen LogP contribution is 2.48. The fraction of sp³-hybridized carbons (Fsp3) is 0.667. The molecule has 2 heterocycles. The van der Waals surface area contributed by atoms with Crippen LogP contribution < -0.4 is 5.32 Å². The van der Waals surface area contributed by atoms with Gasteiger partial charge in [0.05, 0.1) is 6.61 Å². The summed E-state index contributed by atoms with van der Waals surface area (Å²) >= 11 is 0. The number of guanidine groups is 1. The summed E-state index contributed by atoms with van der Waals surface area (Å²) in [5, 5.41) is 3.53. The lowest BCUT2D eigenvalue weighted by molar-refractivity contribution is 0.156. The Balaban J connectivity index is 1.40. The summed E-state index contributed by atoms with van der Waals surface area (Å²) in [5.74, 6) is 1.12. The van der Waals surface area contributed by atoms with Crippen LogP contribution in [-0.4, -0.2) is 50.3 Å². The molecule has 1 spiro atoms. The third-order valence-corrected chi connectivity index (χ3v) is 6.20. The zero-order valence-electron chi connectivity index (χ0n) is 15.5. The van der Waals surface area contributed by atoms with Crippen LogP contribution in [0.1, 0.15) is 38.2 Å². The van der Waals surface area contributed by atoms with Crippen molar-refractivity contribution in [2.24, 2.45) is 15.8 Å². The summed E-state index contributed by atoms with van der Waals surface area (Å²) < 4.78 is 5.67. The van der Waals surface area contributed by atoms with Gasteiger partial charge in [0.1, 0.15) is 0 Å². The molecule has 1 aromatic carbocycles. The molecular formula is C21H31N3O. The second kappa shape index (κ2) is 6.99. The van der Waals surface area contributed by atoms with Crippen molar-refractivity contribution in [3.8, 4) is 0 Å². The van der Waals surface area contributed by atoms with Crippen LogP contribution in [0.5, 0.6) is 0 Å². The van der Waals surface area contributed by atoms with Gasteiger partial charge in [0.15, 0.2) is 5.96 Å². The van der Waals surface area contributed by atoms with E-state index < -0.39 is 0 Å². The van der Waals surface area contributed by atoms with Crippen molar-refractivity contribution in [2.45, 2.75) is 39.0 Å². The summed E-state index contributed by atoms with van der Waals surface area (Å²) in [7, 11) is 0. The lowest BCUT2D eigenvalue weighted by atomic mass is 9.87. The summed E-state index contributed by atoms with van der Waals surface area (Å²) in [6.07, 6.45) is 6.23. The Morgan fingerprint density at radius 1 is 1.20 bits per heavy atom. The summed E-state index contributed by atoms with van der Waals surface area (Å²) in [6, 6.07) is 10.9. The first-order valence-electron chi connectivity index (χ1n) is 9.88. The molecule has 3 fully saturated rings. The van der Waals surface area contributed by atoms with Crippen LogP contribution in [0.4, 0.5) is 0 Å². The van der Waals surface area contributed by atoms with Gasteiger partial charge in [-0.05, 0) is 50.0 Å². The van der Waals surface area contributed by atoms with Gasteiger partial charge in [-0.15, -0.1) is 0 Å². The molecule has 25 heavy (non-hydrogen) atoms. The van der Waals surface area contributed by atoms with E-state index in [0.717, 1.165) is 51.8 Å². The molecule has 2 saturated heterocycles. The van der Waals surface area contributed by atoms with E-state index >= 15 is 0 Å². The molecule has 0 aromatic heterocycles.